The molecule has 0 N–H and O–H groups in total. The molecule has 0 unspecified atom stereocenters. The molecule has 2 heterocycles. The van der Waals surface area contributed by atoms with Gasteiger partial charge >= 0.3 is 0 Å². The maximum Gasteiger partial charge on any atom is 0.282 e. The van der Waals surface area contributed by atoms with E-state index in [1.54, 1.807) is 13.2 Å². The van der Waals surface area contributed by atoms with Gasteiger partial charge in [0.05, 0.1) is 0 Å². The fraction of sp³-hybridized carbons (Fsp3) is 0.333. The minimum Gasteiger partial charge on any atom is -0.356 e. The van der Waals surface area contributed by atoms with E-state index in [9.17, 15) is 8.78 Å². The zero-order chi connectivity index (χ0) is 15.7. The molecule has 0 bridgehead atoms. The Morgan fingerprint density at radius 1 is 1.27 bits per heavy atom. The molecule has 3 aromatic rings. The highest BCUT2D eigenvalue weighted by Crippen LogP contribution is 2.23. The molecular formula is C15H16F2N4O. The van der Waals surface area contributed by atoms with Crippen LogP contribution in [0.1, 0.15) is 23.4 Å². The zero-order valence-corrected chi connectivity index (χ0v) is 12.3. The van der Waals surface area contributed by atoms with Crippen LogP contribution >= 0.6 is 0 Å². The molecule has 0 saturated heterocycles. The number of para-hydroxylation sites is 1. The smallest absolute Gasteiger partial charge is 0.282 e. The zero-order valence-electron chi connectivity index (χ0n) is 12.3. The third-order valence-corrected chi connectivity index (χ3v) is 3.46. The first kappa shape index (κ1) is 14.6. The fourth-order valence-corrected chi connectivity index (χ4v) is 2.51. The van der Waals surface area contributed by atoms with Gasteiger partial charge < -0.3 is 4.52 Å². The van der Waals surface area contributed by atoms with Crippen molar-refractivity contribution in [1.82, 2.24) is 19.8 Å². The summed E-state index contributed by atoms with van der Waals surface area (Å²) in [5.41, 5.74) is 1.87. The number of fused-ring (bicyclic) bond motifs is 1. The monoisotopic (exact) mass is 306 g/mol. The molecule has 0 spiro atoms. The molecule has 22 heavy (non-hydrogen) atoms. The van der Waals surface area contributed by atoms with Gasteiger partial charge in [0.2, 0.25) is 0 Å². The molecule has 1 aromatic carbocycles. The van der Waals surface area contributed by atoms with Crippen LogP contribution in [0.5, 0.6) is 0 Å². The van der Waals surface area contributed by atoms with Gasteiger partial charge in [0.25, 0.3) is 6.43 Å². The summed E-state index contributed by atoms with van der Waals surface area (Å²) in [5.74, 6) is 0. The largest absolute Gasteiger partial charge is 0.356 e. The van der Waals surface area contributed by atoms with Gasteiger partial charge in [-0.1, -0.05) is 17.3 Å². The van der Waals surface area contributed by atoms with Crippen molar-refractivity contribution in [3.63, 3.8) is 0 Å². The Balaban J connectivity index is 1.77. The van der Waals surface area contributed by atoms with E-state index in [4.69, 9.17) is 4.52 Å². The van der Waals surface area contributed by atoms with E-state index in [0.717, 1.165) is 16.7 Å². The lowest BCUT2D eigenvalue weighted by Gasteiger charge is -2.14. The van der Waals surface area contributed by atoms with E-state index in [2.05, 4.69) is 10.3 Å². The predicted molar refractivity (Wildman–Crippen MR) is 77.3 cm³/mol. The summed E-state index contributed by atoms with van der Waals surface area (Å²) in [6.45, 7) is 0.878. The van der Waals surface area contributed by atoms with Gasteiger partial charge in [-0.3, -0.25) is 9.58 Å². The SMILES string of the molecule is CN(Cc1cn(C)nc1C(F)F)Cc1noc2ccccc12. The summed E-state index contributed by atoms with van der Waals surface area (Å²) in [4.78, 5) is 1.91. The highest BCUT2D eigenvalue weighted by molar-refractivity contribution is 5.79. The molecule has 116 valence electrons. The van der Waals surface area contributed by atoms with E-state index in [-0.39, 0.29) is 5.69 Å². The molecule has 0 amide bonds. The number of alkyl halides is 2. The van der Waals surface area contributed by atoms with Crippen molar-refractivity contribution in [2.75, 3.05) is 7.05 Å². The van der Waals surface area contributed by atoms with Crippen LogP contribution in [-0.4, -0.2) is 26.9 Å². The summed E-state index contributed by atoms with van der Waals surface area (Å²) in [6, 6.07) is 7.58. The minimum absolute atomic E-state index is 0.167. The second-order valence-electron chi connectivity index (χ2n) is 5.31. The van der Waals surface area contributed by atoms with Crippen molar-refractivity contribution in [2.24, 2.45) is 7.05 Å². The quantitative estimate of drug-likeness (QED) is 0.726. The Morgan fingerprint density at radius 3 is 2.82 bits per heavy atom. The number of hydrogen-bond donors (Lipinski definition) is 0. The van der Waals surface area contributed by atoms with E-state index < -0.39 is 6.43 Å². The van der Waals surface area contributed by atoms with Crippen LogP contribution in [0.2, 0.25) is 0 Å². The lowest BCUT2D eigenvalue weighted by atomic mass is 10.2. The first-order valence-corrected chi connectivity index (χ1v) is 6.87. The number of benzene rings is 1. The maximum absolute atomic E-state index is 13.0. The predicted octanol–water partition coefficient (Wildman–Crippen LogP) is 3.13. The van der Waals surface area contributed by atoms with Gasteiger partial charge in [-0.05, 0) is 19.2 Å². The third kappa shape index (κ3) is 2.85. The lowest BCUT2D eigenvalue weighted by molar-refractivity contribution is 0.142. The summed E-state index contributed by atoms with van der Waals surface area (Å²) in [7, 11) is 3.49. The van der Waals surface area contributed by atoms with Gasteiger partial charge in [-0.2, -0.15) is 5.10 Å². The van der Waals surface area contributed by atoms with Crippen LogP contribution in [-0.2, 0) is 20.1 Å². The first-order chi connectivity index (χ1) is 10.5. The van der Waals surface area contributed by atoms with Crippen molar-refractivity contribution >= 4 is 11.0 Å². The van der Waals surface area contributed by atoms with E-state index in [1.165, 1.54) is 4.68 Å². The number of nitrogens with zero attached hydrogens (tertiary/aromatic N) is 4. The standard InChI is InChI=1S/C15H16F2N4O/c1-20(7-10-8-21(2)18-14(10)15(16)17)9-12-11-5-3-4-6-13(11)22-19-12/h3-6,8,15H,7,9H2,1-2H3. The molecule has 0 aliphatic rings. The molecule has 2 aromatic heterocycles. The van der Waals surface area contributed by atoms with Crippen molar-refractivity contribution < 1.29 is 13.3 Å². The average Bonchev–Trinajstić information content (AvgIpc) is 3.03. The number of halogens is 2. The first-order valence-electron chi connectivity index (χ1n) is 6.87. The van der Waals surface area contributed by atoms with Crippen LogP contribution in [0.15, 0.2) is 35.0 Å². The third-order valence-electron chi connectivity index (χ3n) is 3.46. The van der Waals surface area contributed by atoms with Gasteiger partial charge in [0.15, 0.2) is 5.58 Å². The molecule has 0 saturated carbocycles. The van der Waals surface area contributed by atoms with Crippen LogP contribution in [0, 0.1) is 0 Å². The molecule has 0 radical (unpaired) electrons. The topological polar surface area (TPSA) is 47.1 Å². The summed E-state index contributed by atoms with van der Waals surface area (Å²) >= 11 is 0. The molecule has 3 rings (SSSR count). The number of rotatable bonds is 5. The van der Waals surface area contributed by atoms with Crippen molar-refractivity contribution in [3.8, 4) is 0 Å². The Labute approximate surface area is 126 Å². The number of hydrogen-bond acceptors (Lipinski definition) is 4. The maximum atomic E-state index is 13.0. The fourth-order valence-electron chi connectivity index (χ4n) is 2.51. The lowest BCUT2D eigenvalue weighted by Crippen LogP contribution is -2.18. The summed E-state index contributed by atoms with van der Waals surface area (Å²) < 4.78 is 32.6. The Morgan fingerprint density at radius 2 is 2.05 bits per heavy atom. The Hall–Kier alpha value is -2.28. The van der Waals surface area contributed by atoms with Crippen LogP contribution in [0.25, 0.3) is 11.0 Å². The van der Waals surface area contributed by atoms with Crippen molar-refractivity contribution in [2.45, 2.75) is 19.5 Å². The molecule has 0 aliphatic carbocycles. The van der Waals surface area contributed by atoms with Gasteiger partial charge in [-0.25, -0.2) is 8.78 Å². The Kier molecular flexibility index (Phi) is 3.89. The van der Waals surface area contributed by atoms with Crippen molar-refractivity contribution in [1.29, 1.82) is 0 Å². The van der Waals surface area contributed by atoms with Crippen molar-refractivity contribution in [3.05, 3.63) is 47.4 Å². The van der Waals surface area contributed by atoms with Gasteiger partial charge in [0.1, 0.15) is 11.4 Å². The van der Waals surface area contributed by atoms with Crippen LogP contribution in [0.4, 0.5) is 8.78 Å². The normalized spacial score (nSPS) is 11.9. The summed E-state index contributed by atoms with van der Waals surface area (Å²) in [5, 5.41) is 8.81. The molecule has 0 aliphatic heterocycles. The number of aryl methyl sites for hydroxylation is 1. The highest BCUT2D eigenvalue weighted by Gasteiger charge is 2.19. The highest BCUT2D eigenvalue weighted by atomic mass is 19.3. The second-order valence-corrected chi connectivity index (χ2v) is 5.31. The molecule has 0 atom stereocenters. The summed E-state index contributed by atoms with van der Waals surface area (Å²) in [6.07, 6.45) is -0.948. The van der Waals surface area contributed by atoms with Gasteiger partial charge in [0, 0.05) is 37.3 Å². The molecule has 7 heteroatoms. The Bertz CT molecular complexity index is 781. The molecule has 5 nitrogen and oxygen atoms in total. The van der Waals surface area contributed by atoms with Crippen LogP contribution < -0.4 is 0 Å². The van der Waals surface area contributed by atoms with Gasteiger partial charge in [-0.15, -0.1) is 0 Å². The minimum atomic E-state index is -2.57. The number of aromatic nitrogens is 3. The molecule has 0 fully saturated rings. The average molecular weight is 306 g/mol. The van der Waals surface area contributed by atoms with E-state index in [1.807, 2.05) is 36.2 Å². The van der Waals surface area contributed by atoms with E-state index >= 15 is 0 Å². The van der Waals surface area contributed by atoms with Crippen LogP contribution in [0.3, 0.4) is 0 Å². The second kappa shape index (κ2) is 5.84. The van der Waals surface area contributed by atoms with E-state index in [0.29, 0.717) is 18.7 Å². The molecular weight excluding hydrogens is 290 g/mol.